The average Bonchev–Trinajstić information content (AvgIpc) is 2.33. The lowest BCUT2D eigenvalue weighted by atomic mass is 9.78. The average molecular weight is 314 g/mol. The Bertz CT molecular complexity index is 373. The lowest BCUT2D eigenvalue weighted by Gasteiger charge is -2.41. The van der Waals surface area contributed by atoms with E-state index in [1.165, 1.54) is 6.42 Å². The second-order valence-electron chi connectivity index (χ2n) is 4.42. The zero-order valence-corrected chi connectivity index (χ0v) is 12.0. The van der Waals surface area contributed by atoms with Crippen LogP contribution >= 0.6 is 27.7 Å². The molecule has 1 saturated carbocycles. The molecule has 4 heteroatoms. The zero-order valence-electron chi connectivity index (χ0n) is 9.62. The number of carbonyl (C=O) groups is 1. The molecule has 0 bridgehead atoms. The number of hydrogen-bond donors (Lipinski definition) is 1. The molecule has 0 radical (unpaired) electrons. The molecule has 17 heavy (non-hydrogen) atoms. The van der Waals surface area contributed by atoms with Gasteiger partial charge in [-0.2, -0.15) is 0 Å². The summed E-state index contributed by atoms with van der Waals surface area (Å²) < 4.78 is 0. The van der Waals surface area contributed by atoms with E-state index in [0.29, 0.717) is 5.75 Å². The smallest absolute Gasteiger partial charge is 0.230 e. The number of halogens is 1. The topological polar surface area (TPSA) is 29.1 Å². The van der Waals surface area contributed by atoms with E-state index in [4.69, 9.17) is 0 Å². The molecule has 1 N–H and O–H groups in total. The molecule has 1 aromatic carbocycles. The summed E-state index contributed by atoms with van der Waals surface area (Å²) in [7, 11) is 0. The van der Waals surface area contributed by atoms with Gasteiger partial charge in [-0.3, -0.25) is 4.79 Å². The van der Waals surface area contributed by atoms with Gasteiger partial charge in [-0.1, -0.05) is 34.1 Å². The van der Waals surface area contributed by atoms with Gasteiger partial charge in [-0.05, 0) is 31.4 Å². The summed E-state index contributed by atoms with van der Waals surface area (Å²) in [6.07, 6.45) is 3.41. The normalized spacial score (nSPS) is 17.2. The van der Waals surface area contributed by atoms with Crippen LogP contribution in [0.2, 0.25) is 0 Å². The standard InChI is InChI=1S/C13H16BrNOS/c14-10-13(7-4-8-13)15-12(16)9-17-11-5-2-1-3-6-11/h1-3,5-6H,4,7-10H2,(H,15,16). The molecule has 0 saturated heterocycles. The van der Waals surface area contributed by atoms with E-state index in [1.54, 1.807) is 11.8 Å². The summed E-state index contributed by atoms with van der Waals surface area (Å²) in [4.78, 5) is 13.0. The van der Waals surface area contributed by atoms with Crippen LogP contribution in [0.25, 0.3) is 0 Å². The summed E-state index contributed by atoms with van der Waals surface area (Å²) >= 11 is 5.07. The van der Waals surface area contributed by atoms with Crippen molar-refractivity contribution in [2.24, 2.45) is 0 Å². The van der Waals surface area contributed by atoms with Gasteiger partial charge < -0.3 is 5.32 Å². The third-order valence-electron chi connectivity index (χ3n) is 3.08. The number of alkyl halides is 1. The van der Waals surface area contributed by atoms with Crippen molar-refractivity contribution in [3.63, 3.8) is 0 Å². The molecule has 1 aliphatic carbocycles. The minimum Gasteiger partial charge on any atom is -0.349 e. The van der Waals surface area contributed by atoms with Crippen LogP contribution in [0.15, 0.2) is 35.2 Å². The van der Waals surface area contributed by atoms with E-state index >= 15 is 0 Å². The highest BCUT2D eigenvalue weighted by molar-refractivity contribution is 9.09. The van der Waals surface area contributed by atoms with Gasteiger partial charge in [0.05, 0.1) is 5.75 Å². The molecule has 2 nitrogen and oxygen atoms in total. The Hall–Kier alpha value is -0.480. The Morgan fingerprint density at radius 3 is 2.59 bits per heavy atom. The predicted molar refractivity (Wildman–Crippen MR) is 75.7 cm³/mol. The first kappa shape index (κ1) is 13.0. The lowest BCUT2D eigenvalue weighted by Crippen LogP contribution is -2.55. The van der Waals surface area contributed by atoms with Crippen LogP contribution in [0, 0.1) is 0 Å². The maximum Gasteiger partial charge on any atom is 0.230 e. The summed E-state index contributed by atoms with van der Waals surface area (Å²) in [6.45, 7) is 0. The molecule has 0 aromatic heterocycles. The van der Waals surface area contributed by atoms with Gasteiger partial charge in [0.1, 0.15) is 0 Å². The molecule has 0 aliphatic heterocycles. The van der Waals surface area contributed by atoms with E-state index in [0.717, 1.165) is 23.1 Å². The summed E-state index contributed by atoms with van der Waals surface area (Å²) in [5.41, 5.74) is 0.0360. The number of carbonyl (C=O) groups excluding carboxylic acids is 1. The molecule has 0 heterocycles. The molecular formula is C13H16BrNOS. The van der Waals surface area contributed by atoms with Crippen LogP contribution in [-0.2, 0) is 4.79 Å². The molecule has 1 aliphatic rings. The Kier molecular flexibility index (Phi) is 4.51. The van der Waals surface area contributed by atoms with Crippen LogP contribution in [0.3, 0.4) is 0 Å². The Labute approximate surface area is 115 Å². The highest BCUT2D eigenvalue weighted by atomic mass is 79.9. The Morgan fingerprint density at radius 2 is 2.06 bits per heavy atom. The first-order valence-corrected chi connectivity index (χ1v) is 7.90. The molecule has 2 rings (SSSR count). The van der Waals surface area contributed by atoms with Crippen molar-refractivity contribution in [3.8, 4) is 0 Å². The van der Waals surface area contributed by atoms with Gasteiger partial charge >= 0.3 is 0 Å². The van der Waals surface area contributed by atoms with Gasteiger partial charge in [-0.15, -0.1) is 11.8 Å². The van der Waals surface area contributed by atoms with Crippen molar-refractivity contribution in [1.29, 1.82) is 0 Å². The van der Waals surface area contributed by atoms with Gasteiger partial charge in [0.15, 0.2) is 0 Å². The maximum atomic E-state index is 11.8. The number of thioether (sulfide) groups is 1. The third-order valence-corrected chi connectivity index (χ3v) is 5.17. The highest BCUT2D eigenvalue weighted by Crippen LogP contribution is 2.33. The molecule has 1 fully saturated rings. The first-order chi connectivity index (χ1) is 8.24. The maximum absolute atomic E-state index is 11.8. The fourth-order valence-electron chi connectivity index (χ4n) is 1.89. The first-order valence-electron chi connectivity index (χ1n) is 5.79. The van der Waals surface area contributed by atoms with Crippen LogP contribution in [0.4, 0.5) is 0 Å². The monoisotopic (exact) mass is 313 g/mol. The zero-order chi connectivity index (χ0) is 12.1. The molecule has 92 valence electrons. The quantitative estimate of drug-likeness (QED) is 0.668. The summed E-state index contributed by atoms with van der Waals surface area (Å²) in [5.74, 6) is 0.636. The van der Waals surface area contributed by atoms with Gasteiger partial charge in [0.2, 0.25) is 5.91 Å². The minimum atomic E-state index is 0.0360. The van der Waals surface area contributed by atoms with E-state index in [9.17, 15) is 4.79 Å². The number of benzene rings is 1. The summed E-state index contributed by atoms with van der Waals surface area (Å²) in [5, 5.41) is 4.01. The van der Waals surface area contributed by atoms with E-state index in [1.807, 2.05) is 30.3 Å². The number of rotatable bonds is 5. The second kappa shape index (κ2) is 5.91. The van der Waals surface area contributed by atoms with E-state index < -0.39 is 0 Å². The van der Waals surface area contributed by atoms with Gasteiger partial charge in [-0.25, -0.2) is 0 Å². The fourth-order valence-corrected chi connectivity index (χ4v) is 3.31. The highest BCUT2D eigenvalue weighted by Gasteiger charge is 2.36. The molecular weight excluding hydrogens is 298 g/mol. The molecule has 1 aromatic rings. The molecule has 0 unspecified atom stereocenters. The van der Waals surface area contributed by atoms with Crippen molar-refractivity contribution in [2.45, 2.75) is 29.7 Å². The molecule has 0 spiro atoms. The minimum absolute atomic E-state index is 0.0360. The van der Waals surface area contributed by atoms with Crippen molar-refractivity contribution in [2.75, 3.05) is 11.1 Å². The summed E-state index contributed by atoms with van der Waals surface area (Å²) in [6, 6.07) is 10.0. The van der Waals surface area contributed by atoms with Crippen LogP contribution in [0.5, 0.6) is 0 Å². The number of hydrogen-bond acceptors (Lipinski definition) is 2. The SMILES string of the molecule is O=C(CSc1ccccc1)NC1(CBr)CCC1. The lowest BCUT2D eigenvalue weighted by molar-refractivity contribution is -0.121. The van der Waals surface area contributed by atoms with E-state index in [2.05, 4.69) is 21.2 Å². The van der Waals surface area contributed by atoms with Crippen LogP contribution in [-0.4, -0.2) is 22.5 Å². The predicted octanol–water partition coefficient (Wildman–Crippen LogP) is 3.21. The molecule has 0 atom stereocenters. The largest absolute Gasteiger partial charge is 0.349 e. The van der Waals surface area contributed by atoms with Crippen molar-refractivity contribution in [3.05, 3.63) is 30.3 Å². The third kappa shape index (κ3) is 3.49. The van der Waals surface area contributed by atoms with Crippen molar-refractivity contribution >= 4 is 33.6 Å². The van der Waals surface area contributed by atoms with Crippen LogP contribution in [0.1, 0.15) is 19.3 Å². The van der Waals surface area contributed by atoms with Crippen molar-refractivity contribution in [1.82, 2.24) is 5.32 Å². The fraction of sp³-hybridized carbons (Fsp3) is 0.462. The van der Waals surface area contributed by atoms with Gasteiger partial charge in [0, 0.05) is 15.8 Å². The Balaban J connectivity index is 1.78. The number of nitrogens with one attached hydrogen (secondary N) is 1. The van der Waals surface area contributed by atoms with E-state index in [-0.39, 0.29) is 11.4 Å². The second-order valence-corrected chi connectivity index (χ2v) is 6.03. The van der Waals surface area contributed by atoms with Crippen LogP contribution < -0.4 is 5.32 Å². The van der Waals surface area contributed by atoms with Gasteiger partial charge in [0.25, 0.3) is 0 Å². The Morgan fingerprint density at radius 1 is 1.35 bits per heavy atom. The van der Waals surface area contributed by atoms with Crippen molar-refractivity contribution < 1.29 is 4.79 Å². The number of amides is 1. The molecule has 1 amide bonds.